The molecule has 0 spiro atoms. The zero-order valence-electron chi connectivity index (χ0n) is 32.0. The number of fused-ring (bicyclic) bond motifs is 4. The molecule has 7 rings (SSSR count). The lowest BCUT2D eigenvalue weighted by Crippen LogP contribution is -2.68. The summed E-state index contributed by atoms with van der Waals surface area (Å²) < 4.78 is 31.4. The first-order valence-corrected chi connectivity index (χ1v) is 21.5. The lowest BCUT2D eigenvalue weighted by Gasteiger charge is -2.55. The Kier molecular flexibility index (Phi) is 9.83. The molecule has 1 aromatic heterocycles. The highest BCUT2D eigenvalue weighted by Gasteiger charge is 2.69. The van der Waals surface area contributed by atoms with Crippen LogP contribution in [0.15, 0.2) is 76.8 Å². The lowest BCUT2D eigenvalue weighted by molar-refractivity contribution is -0.140. The zero-order chi connectivity index (χ0) is 38.7. The molecule has 1 fully saturated rings. The molecule has 1 N–H and O–H groups in total. The van der Waals surface area contributed by atoms with Gasteiger partial charge in [-0.2, -0.15) is 0 Å². The van der Waals surface area contributed by atoms with Crippen molar-refractivity contribution >= 4 is 37.2 Å². The molecule has 4 atom stereocenters. The number of hydrogen-bond donors (Lipinski definition) is 1. The Hall–Kier alpha value is -4.42. The van der Waals surface area contributed by atoms with Gasteiger partial charge in [-0.15, -0.1) is 0 Å². The Morgan fingerprint density at radius 1 is 0.944 bits per heavy atom. The van der Waals surface area contributed by atoms with Crippen molar-refractivity contribution < 1.29 is 37.9 Å². The highest BCUT2D eigenvalue weighted by atomic mass is 35.5. The highest BCUT2D eigenvalue weighted by molar-refractivity contribution is 6.74. The van der Waals surface area contributed by atoms with Crippen LogP contribution in [0.5, 0.6) is 17.4 Å². The molecule has 0 amide bonds. The summed E-state index contributed by atoms with van der Waals surface area (Å²) in [7, 11) is 2.40. The number of ketones is 2. The second kappa shape index (κ2) is 14.0. The van der Waals surface area contributed by atoms with Gasteiger partial charge in [0.25, 0.3) is 5.88 Å². The van der Waals surface area contributed by atoms with E-state index in [-0.39, 0.29) is 41.0 Å². The molecule has 3 aliphatic carbocycles. The number of methoxy groups -OCH3 is 1. The molecule has 0 radical (unpaired) electrons. The first-order valence-electron chi connectivity index (χ1n) is 18.2. The van der Waals surface area contributed by atoms with Crippen molar-refractivity contribution in [2.45, 2.75) is 76.6 Å². The Balaban J connectivity index is 1.41. The van der Waals surface area contributed by atoms with Crippen molar-refractivity contribution in [2.24, 2.45) is 11.8 Å². The number of nitrogens with zero attached hydrogens (tertiary/aromatic N) is 2. The first kappa shape index (κ1) is 37.9. The normalized spacial score (nSPS) is 22.4. The van der Waals surface area contributed by atoms with E-state index in [0.29, 0.717) is 46.3 Å². The molecule has 3 aromatic carbocycles. The second-order valence-electron chi connectivity index (χ2n) is 16.2. The highest BCUT2D eigenvalue weighted by Crippen LogP contribution is 2.59. The third-order valence-electron chi connectivity index (χ3n) is 11.6. The number of Topliss-reactive ketones (excluding diaryl/α,β-unsaturated/α-hetero) is 2. The molecule has 1 saturated carbocycles. The molecule has 54 heavy (non-hydrogen) atoms. The van der Waals surface area contributed by atoms with E-state index >= 15 is 9.59 Å². The fraction of sp³-hybridized carbons (Fsp3) is 0.405. The molecule has 1 heterocycles. The number of benzene rings is 3. The van der Waals surface area contributed by atoms with Crippen LogP contribution in [0.1, 0.15) is 71.6 Å². The van der Waals surface area contributed by atoms with E-state index in [0.717, 1.165) is 11.1 Å². The van der Waals surface area contributed by atoms with E-state index in [9.17, 15) is 5.11 Å². The van der Waals surface area contributed by atoms with Gasteiger partial charge in [-0.05, 0) is 72.8 Å². The Morgan fingerprint density at radius 2 is 1.56 bits per heavy atom. The van der Waals surface area contributed by atoms with E-state index in [2.05, 4.69) is 25.9 Å². The summed E-state index contributed by atoms with van der Waals surface area (Å²) in [5.41, 5.74) is 0.901. The Labute approximate surface area is 322 Å². The molecular formula is C42H47ClN2O8Si. The van der Waals surface area contributed by atoms with E-state index in [4.69, 9.17) is 34.8 Å². The van der Waals surface area contributed by atoms with Crippen molar-refractivity contribution in [2.75, 3.05) is 21.2 Å². The smallest absolute Gasteiger partial charge is 0.265 e. The Morgan fingerprint density at radius 3 is 2.13 bits per heavy atom. The summed E-state index contributed by atoms with van der Waals surface area (Å²) in [5.74, 6) is -1.61. The minimum atomic E-state index is -2.90. The van der Waals surface area contributed by atoms with Crippen molar-refractivity contribution in [3.8, 4) is 17.4 Å². The first-order chi connectivity index (χ1) is 25.6. The summed E-state index contributed by atoms with van der Waals surface area (Å²) in [6, 6.07) is 20.2. The third-order valence-corrected chi connectivity index (χ3v) is 16.5. The molecule has 284 valence electrons. The average Bonchev–Trinajstić information content (AvgIpc) is 3.55. The minimum absolute atomic E-state index is 0.0000469. The molecule has 0 aliphatic heterocycles. The molecule has 0 unspecified atom stereocenters. The summed E-state index contributed by atoms with van der Waals surface area (Å²) in [6.45, 7) is 10.6. The number of rotatable bonds is 10. The standard InChI is InChI=1S/C42H47ClN2O8Si/c1-41(2,3)54(7,8)53-42-28(35(45(4)5)37-33(39(42)48)40(44-52-37)51-23-25-17-13-10-14-18-25)20-26-19-27-32(36(46)31(26)38(42)47)29(21-30(49-6)34(27)43)50-22-24-15-11-9-12-16-24/h9-18,21,26,28,35,46H,19-20,22-23H2,1-8H3/t26-,28-,35-,42-/m0/s1. The van der Waals surface area contributed by atoms with Gasteiger partial charge < -0.3 is 28.3 Å². The van der Waals surface area contributed by atoms with Gasteiger partial charge in [0, 0.05) is 17.6 Å². The van der Waals surface area contributed by atoms with Gasteiger partial charge in [-0.1, -0.05) is 93.0 Å². The summed E-state index contributed by atoms with van der Waals surface area (Å²) in [6.07, 6.45) is 0.607. The van der Waals surface area contributed by atoms with E-state index < -0.39 is 43.4 Å². The van der Waals surface area contributed by atoms with Gasteiger partial charge in [-0.3, -0.25) is 14.5 Å². The molecule has 3 aliphatic rings. The molecule has 0 saturated heterocycles. The van der Waals surface area contributed by atoms with Crippen LogP contribution >= 0.6 is 11.6 Å². The molecule has 4 aromatic rings. The van der Waals surface area contributed by atoms with Gasteiger partial charge in [0.15, 0.2) is 19.7 Å². The van der Waals surface area contributed by atoms with Crippen LogP contribution in [0.4, 0.5) is 0 Å². The number of aliphatic hydroxyl groups is 1. The molecule has 0 bridgehead atoms. The average molecular weight is 771 g/mol. The van der Waals surface area contributed by atoms with E-state index in [1.54, 1.807) is 6.07 Å². The number of aromatic nitrogens is 1. The van der Waals surface area contributed by atoms with Crippen molar-refractivity contribution in [1.82, 2.24) is 10.1 Å². The summed E-state index contributed by atoms with van der Waals surface area (Å²) in [5, 5.41) is 16.6. The topological polar surface area (TPSA) is 121 Å². The number of carbonyl (C=O) groups excluding carboxylic acids is 2. The Bertz CT molecular complexity index is 2120. The van der Waals surface area contributed by atoms with Crippen LogP contribution in [0, 0.1) is 11.8 Å². The predicted octanol–water partition coefficient (Wildman–Crippen LogP) is 8.78. The number of carbonyl (C=O) groups is 2. The maximum absolute atomic E-state index is 15.7. The van der Waals surface area contributed by atoms with E-state index in [1.165, 1.54) is 7.11 Å². The van der Waals surface area contributed by atoms with Gasteiger partial charge in [0.1, 0.15) is 36.0 Å². The van der Waals surface area contributed by atoms with Crippen LogP contribution in [-0.2, 0) is 28.9 Å². The van der Waals surface area contributed by atoms with Crippen LogP contribution < -0.4 is 14.2 Å². The lowest BCUT2D eigenvalue weighted by atomic mass is 9.57. The molecule has 12 heteroatoms. The van der Waals surface area contributed by atoms with Gasteiger partial charge in [0.05, 0.1) is 23.7 Å². The summed E-state index contributed by atoms with van der Waals surface area (Å²) in [4.78, 5) is 33.1. The monoisotopic (exact) mass is 770 g/mol. The third kappa shape index (κ3) is 6.15. The van der Waals surface area contributed by atoms with Crippen LogP contribution in [0.2, 0.25) is 23.2 Å². The van der Waals surface area contributed by atoms with Crippen molar-refractivity contribution in [3.63, 3.8) is 0 Å². The fourth-order valence-electron chi connectivity index (χ4n) is 7.95. The minimum Gasteiger partial charge on any atom is -0.507 e. The quantitative estimate of drug-likeness (QED) is 0.124. The summed E-state index contributed by atoms with van der Waals surface area (Å²) >= 11 is 6.98. The molecular weight excluding hydrogens is 724 g/mol. The fourth-order valence-corrected chi connectivity index (χ4v) is 9.71. The number of aliphatic hydroxyl groups excluding tert-OH is 1. The van der Waals surface area contributed by atoms with Gasteiger partial charge in [-0.25, -0.2) is 0 Å². The zero-order valence-corrected chi connectivity index (χ0v) is 33.7. The van der Waals surface area contributed by atoms with Crippen molar-refractivity contribution in [3.05, 3.63) is 111 Å². The van der Waals surface area contributed by atoms with Crippen molar-refractivity contribution in [1.29, 1.82) is 0 Å². The van der Waals surface area contributed by atoms with Crippen LogP contribution in [-0.4, -0.2) is 61.9 Å². The van der Waals surface area contributed by atoms with Crippen LogP contribution in [0.25, 0.3) is 5.76 Å². The van der Waals surface area contributed by atoms with Gasteiger partial charge in [0.2, 0.25) is 11.6 Å². The maximum Gasteiger partial charge on any atom is 0.265 e. The second-order valence-corrected chi connectivity index (χ2v) is 21.3. The molecule has 10 nitrogen and oxygen atoms in total. The number of ether oxygens (including phenoxy) is 3. The maximum atomic E-state index is 15.7. The largest absolute Gasteiger partial charge is 0.507 e. The number of hydrogen-bond acceptors (Lipinski definition) is 10. The van der Waals surface area contributed by atoms with Crippen LogP contribution in [0.3, 0.4) is 0 Å². The predicted molar refractivity (Wildman–Crippen MR) is 208 cm³/mol. The van der Waals surface area contributed by atoms with E-state index in [1.807, 2.05) is 92.8 Å². The van der Waals surface area contributed by atoms with Gasteiger partial charge >= 0.3 is 0 Å². The number of halogens is 1. The SMILES string of the molecule is COc1cc(OCc2ccccc2)c2c(c1Cl)C[C@H]1C[C@H]3[C@H](N(C)C)c4onc(OCc5ccccc5)c4C(=O)[C@@]3(O[Si](C)(C)C(C)(C)C)C(=O)C1=C2O.